The maximum atomic E-state index is 9.79. The molecule has 0 saturated heterocycles. The molecule has 27 heavy (non-hydrogen) atoms. The van der Waals surface area contributed by atoms with Gasteiger partial charge in [-0.2, -0.15) is 9.97 Å². The Labute approximate surface area is 157 Å². The third kappa shape index (κ3) is 4.26. The number of methoxy groups -OCH3 is 1. The number of fused-ring (bicyclic) bond motifs is 1. The van der Waals surface area contributed by atoms with E-state index in [-0.39, 0.29) is 12.6 Å². The van der Waals surface area contributed by atoms with Crippen LogP contribution in [0.15, 0.2) is 30.6 Å². The minimum Gasteiger partial charge on any atom is -0.497 e. The maximum absolute atomic E-state index is 9.79. The molecule has 9 nitrogen and oxygen atoms in total. The molecular formula is C18H25N7O2. The Kier molecular flexibility index (Phi) is 5.72. The predicted molar refractivity (Wildman–Crippen MR) is 105 cm³/mol. The molecule has 0 saturated carbocycles. The number of nitrogens with zero attached hydrogens (tertiary/aromatic N) is 4. The summed E-state index contributed by atoms with van der Waals surface area (Å²) in [5, 5.41) is 15.9. The fourth-order valence-electron chi connectivity index (χ4n) is 2.62. The van der Waals surface area contributed by atoms with Crippen molar-refractivity contribution in [2.24, 2.45) is 5.73 Å². The minimum absolute atomic E-state index is 0.0550. The van der Waals surface area contributed by atoms with Gasteiger partial charge < -0.3 is 30.8 Å². The molecule has 2 aromatic heterocycles. The van der Waals surface area contributed by atoms with Crippen LogP contribution in [0, 0.1) is 0 Å². The maximum Gasteiger partial charge on any atom is 0.228 e. The van der Waals surface area contributed by atoms with Crippen molar-refractivity contribution in [1.29, 1.82) is 0 Å². The summed E-state index contributed by atoms with van der Waals surface area (Å²) in [6.07, 6.45) is 0.818. The normalized spacial score (nSPS) is 12.4. The Morgan fingerprint density at radius 1 is 1.22 bits per heavy atom. The zero-order valence-corrected chi connectivity index (χ0v) is 15.7. The van der Waals surface area contributed by atoms with Crippen LogP contribution in [0.25, 0.3) is 11.2 Å². The minimum atomic E-state index is -0.924. The van der Waals surface area contributed by atoms with Crippen LogP contribution in [0.3, 0.4) is 0 Å². The van der Waals surface area contributed by atoms with Gasteiger partial charge in [-0.15, -0.1) is 0 Å². The molecule has 1 aromatic carbocycles. The van der Waals surface area contributed by atoms with E-state index in [2.05, 4.69) is 39.4 Å². The average Bonchev–Trinajstić information content (AvgIpc) is 3.10. The zero-order chi connectivity index (χ0) is 19.4. The van der Waals surface area contributed by atoms with Crippen molar-refractivity contribution in [1.82, 2.24) is 19.5 Å². The van der Waals surface area contributed by atoms with Crippen molar-refractivity contribution < 1.29 is 9.84 Å². The highest BCUT2D eigenvalue weighted by Crippen LogP contribution is 2.24. The second-order valence-corrected chi connectivity index (χ2v) is 6.41. The fourth-order valence-corrected chi connectivity index (χ4v) is 2.62. The van der Waals surface area contributed by atoms with Gasteiger partial charge in [-0.05, 0) is 31.5 Å². The van der Waals surface area contributed by atoms with Crippen LogP contribution >= 0.6 is 0 Å². The van der Waals surface area contributed by atoms with Gasteiger partial charge in [0, 0.05) is 19.1 Å². The van der Waals surface area contributed by atoms with Crippen LogP contribution in [-0.2, 0) is 6.54 Å². The lowest BCUT2D eigenvalue weighted by molar-refractivity contribution is 0.211. The third-order valence-electron chi connectivity index (χ3n) is 4.12. The van der Waals surface area contributed by atoms with E-state index >= 15 is 0 Å². The molecule has 144 valence electrons. The smallest absolute Gasteiger partial charge is 0.228 e. The summed E-state index contributed by atoms with van der Waals surface area (Å²) in [6.45, 7) is 4.72. The summed E-state index contributed by atoms with van der Waals surface area (Å²) in [5.74, 6) is 1.68. The molecule has 5 N–H and O–H groups in total. The van der Waals surface area contributed by atoms with Gasteiger partial charge in [-0.3, -0.25) is 0 Å². The van der Waals surface area contributed by atoms with E-state index in [1.807, 2.05) is 28.8 Å². The zero-order valence-electron chi connectivity index (χ0n) is 15.7. The number of hydrogen-bond donors (Lipinski definition) is 4. The molecule has 0 aliphatic heterocycles. The topological polar surface area (TPSA) is 123 Å². The highest BCUT2D eigenvalue weighted by Gasteiger charge is 2.16. The van der Waals surface area contributed by atoms with Crippen LogP contribution in [0.4, 0.5) is 11.8 Å². The molecule has 0 spiro atoms. The molecule has 1 unspecified atom stereocenters. The van der Waals surface area contributed by atoms with Gasteiger partial charge in [0.1, 0.15) is 12.0 Å². The molecule has 3 rings (SSSR count). The standard InChI is InChI=1S/C18H25N7O2/c1-11(2)25-10-21-15-16(20-9-12-4-6-13(27-3)7-5-12)23-18(24-17(15)25)22-14(26)8-19/h4-7,10-11,14,26H,8-9,19H2,1-3H3,(H2,20,22,23,24). The van der Waals surface area contributed by atoms with E-state index in [0.717, 1.165) is 11.3 Å². The van der Waals surface area contributed by atoms with E-state index in [4.69, 9.17) is 10.5 Å². The Morgan fingerprint density at radius 2 is 1.96 bits per heavy atom. The number of aliphatic hydroxyl groups excluding tert-OH is 1. The van der Waals surface area contributed by atoms with Crippen LogP contribution in [-0.4, -0.2) is 44.5 Å². The number of aliphatic hydroxyl groups is 1. The van der Waals surface area contributed by atoms with Crippen molar-refractivity contribution >= 4 is 22.9 Å². The second kappa shape index (κ2) is 8.19. The average molecular weight is 371 g/mol. The molecule has 0 amide bonds. The van der Waals surface area contributed by atoms with Crippen LogP contribution in [0.1, 0.15) is 25.5 Å². The second-order valence-electron chi connectivity index (χ2n) is 6.41. The number of rotatable bonds is 8. The molecule has 0 radical (unpaired) electrons. The van der Waals surface area contributed by atoms with Crippen molar-refractivity contribution in [2.45, 2.75) is 32.7 Å². The number of anilines is 2. The Balaban J connectivity index is 1.91. The highest BCUT2D eigenvalue weighted by atomic mass is 16.5. The first-order valence-corrected chi connectivity index (χ1v) is 8.78. The molecule has 1 atom stereocenters. The van der Waals surface area contributed by atoms with Gasteiger partial charge in [-0.1, -0.05) is 12.1 Å². The van der Waals surface area contributed by atoms with Crippen molar-refractivity contribution in [2.75, 3.05) is 24.3 Å². The van der Waals surface area contributed by atoms with E-state index in [1.165, 1.54) is 0 Å². The van der Waals surface area contributed by atoms with Crippen LogP contribution < -0.4 is 21.1 Å². The van der Waals surface area contributed by atoms with Gasteiger partial charge in [0.2, 0.25) is 5.95 Å². The molecule has 3 aromatic rings. The monoisotopic (exact) mass is 371 g/mol. The molecule has 0 bridgehead atoms. The summed E-state index contributed by atoms with van der Waals surface area (Å²) in [7, 11) is 1.64. The van der Waals surface area contributed by atoms with Crippen LogP contribution in [0.2, 0.25) is 0 Å². The number of benzene rings is 1. The SMILES string of the molecule is COc1ccc(CNc2nc(NC(O)CN)nc3c2ncn3C(C)C)cc1. The number of hydrogen-bond acceptors (Lipinski definition) is 8. The lowest BCUT2D eigenvalue weighted by Crippen LogP contribution is -2.29. The lowest BCUT2D eigenvalue weighted by atomic mass is 10.2. The summed E-state index contributed by atoms with van der Waals surface area (Å²) < 4.78 is 7.14. The summed E-state index contributed by atoms with van der Waals surface area (Å²) in [6, 6.07) is 7.96. The van der Waals surface area contributed by atoms with Gasteiger partial charge in [-0.25, -0.2) is 4.98 Å². The van der Waals surface area contributed by atoms with E-state index in [1.54, 1.807) is 13.4 Å². The van der Waals surface area contributed by atoms with E-state index in [0.29, 0.717) is 29.5 Å². The van der Waals surface area contributed by atoms with E-state index in [9.17, 15) is 5.11 Å². The van der Waals surface area contributed by atoms with Gasteiger partial charge in [0.05, 0.1) is 13.4 Å². The molecule has 0 fully saturated rings. The molecule has 9 heteroatoms. The molecular weight excluding hydrogens is 346 g/mol. The highest BCUT2D eigenvalue weighted by molar-refractivity contribution is 5.84. The molecule has 2 heterocycles. The third-order valence-corrected chi connectivity index (χ3v) is 4.12. The van der Waals surface area contributed by atoms with Crippen molar-refractivity contribution in [3.8, 4) is 5.75 Å². The van der Waals surface area contributed by atoms with Crippen molar-refractivity contribution in [3.05, 3.63) is 36.2 Å². The van der Waals surface area contributed by atoms with Gasteiger partial charge in [0.15, 0.2) is 17.0 Å². The van der Waals surface area contributed by atoms with Crippen LogP contribution in [0.5, 0.6) is 5.75 Å². The summed E-state index contributed by atoms with van der Waals surface area (Å²) in [5.41, 5.74) is 7.90. The van der Waals surface area contributed by atoms with Crippen molar-refractivity contribution in [3.63, 3.8) is 0 Å². The summed E-state index contributed by atoms with van der Waals surface area (Å²) >= 11 is 0. The number of ether oxygens (including phenoxy) is 1. The quantitative estimate of drug-likeness (QED) is 0.441. The molecule has 0 aliphatic rings. The Hall–Kier alpha value is -2.91. The lowest BCUT2D eigenvalue weighted by Gasteiger charge is -2.14. The van der Waals surface area contributed by atoms with Gasteiger partial charge in [0.25, 0.3) is 0 Å². The number of aromatic nitrogens is 4. The Bertz CT molecular complexity index is 893. The van der Waals surface area contributed by atoms with Gasteiger partial charge >= 0.3 is 0 Å². The fraction of sp³-hybridized carbons (Fsp3) is 0.389. The number of nitrogens with two attached hydrogens (primary N) is 1. The first-order chi connectivity index (χ1) is 13.0. The Morgan fingerprint density at radius 3 is 2.59 bits per heavy atom. The number of nitrogens with one attached hydrogen (secondary N) is 2. The summed E-state index contributed by atoms with van der Waals surface area (Å²) in [4.78, 5) is 13.4. The first-order valence-electron chi connectivity index (χ1n) is 8.78. The predicted octanol–water partition coefficient (Wildman–Crippen LogP) is 1.72. The number of imidazole rings is 1. The molecule has 0 aliphatic carbocycles. The first kappa shape index (κ1) is 18.9. The van der Waals surface area contributed by atoms with E-state index < -0.39 is 6.23 Å². The largest absolute Gasteiger partial charge is 0.497 e.